The second kappa shape index (κ2) is 7.32. The largest absolute Gasteiger partial charge is 0.497 e. The molecule has 0 fully saturated rings. The van der Waals surface area contributed by atoms with E-state index in [1.165, 1.54) is 5.56 Å². The third-order valence-electron chi connectivity index (χ3n) is 3.39. The number of ether oxygens (including phenoxy) is 1. The van der Waals surface area contributed by atoms with E-state index >= 15 is 0 Å². The van der Waals surface area contributed by atoms with Crippen LogP contribution in [0.4, 0.5) is 0 Å². The van der Waals surface area contributed by atoms with Gasteiger partial charge in [-0.3, -0.25) is 4.79 Å². The van der Waals surface area contributed by atoms with Crippen molar-refractivity contribution in [1.82, 2.24) is 0 Å². The molecular formula is C18H20O2S. The summed E-state index contributed by atoms with van der Waals surface area (Å²) in [5, 5.41) is -0.106. The number of rotatable bonds is 6. The van der Waals surface area contributed by atoms with Crippen molar-refractivity contribution < 1.29 is 9.53 Å². The number of hydrogen-bond acceptors (Lipinski definition) is 3. The first-order valence-corrected chi connectivity index (χ1v) is 7.96. The lowest BCUT2D eigenvalue weighted by atomic mass is 10.1. The summed E-state index contributed by atoms with van der Waals surface area (Å²) < 4.78 is 5.14. The Hall–Kier alpha value is -1.74. The molecule has 0 radical (unpaired) electrons. The number of benzene rings is 2. The average molecular weight is 300 g/mol. The highest BCUT2D eigenvalue weighted by atomic mass is 32.2. The highest BCUT2D eigenvalue weighted by Crippen LogP contribution is 2.27. The molecule has 110 valence electrons. The highest BCUT2D eigenvalue weighted by molar-refractivity contribution is 8.00. The SMILES string of the molecule is CCc1ccc(C(=O)C(C)Sc2ccc(OC)cc2)cc1. The molecule has 0 amide bonds. The number of thioether (sulfide) groups is 1. The van der Waals surface area contributed by atoms with Crippen LogP contribution in [0.15, 0.2) is 53.4 Å². The number of carbonyl (C=O) groups excluding carboxylic acids is 1. The smallest absolute Gasteiger partial charge is 0.175 e. The minimum Gasteiger partial charge on any atom is -0.497 e. The molecule has 3 heteroatoms. The Morgan fingerprint density at radius 2 is 1.71 bits per heavy atom. The van der Waals surface area contributed by atoms with Crippen LogP contribution in [0, 0.1) is 0 Å². The molecule has 0 N–H and O–H groups in total. The van der Waals surface area contributed by atoms with Crippen molar-refractivity contribution in [2.45, 2.75) is 30.4 Å². The third-order valence-corrected chi connectivity index (χ3v) is 4.50. The van der Waals surface area contributed by atoms with Crippen LogP contribution in [0.1, 0.15) is 29.8 Å². The summed E-state index contributed by atoms with van der Waals surface area (Å²) in [6, 6.07) is 15.7. The Balaban J connectivity index is 2.03. The number of ketones is 1. The number of hydrogen-bond donors (Lipinski definition) is 0. The second-order valence-corrected chi connectivity index (χ2v) is 6.26. The molecule has 2 rings (SSSR count). The maximum Gasteiger partial charge on any atom is 0.175 e. The molecule has 0 saturated carbocycles. The molecular weight excluding hydrogens is 280 g/mol. The highest BCUT2D eigenvalue weighted by Gasteiger charge is 2.16. The van der Waals surface area contributed by atoms with E-state index in [0.717, 1.165) is 22.6 Å². The van der Waals surface area contributed by atoms with Crippen molar-refractivity contribution >= 4 is 17.5 Å². The van der Waals surface area contributed by atoms with Crippen molar-refractivity contribution in [2.24, 2.45) is 0 Å². The van der Waals surface area contributed by atoms with Gasteiger partial charge in [-0.15, -0.1) is 11.8 Å². The fourth-order valence-electron chi connectivity index (χ4n) is 2.05. The monoisotopic (exact) mass is 300 g/mol. The van der Waals surface area contributed by atoms with Gasteiger partial charge in [-0.05, 0) is 43.2 Å². The molecule has 0 spiro atoms. The summed E-state index contributed by atoms with van der Waals surface area (Å²) in [6.07, 6.45) is 0.991. The van der Waals surface area contributed by atoms with Gasteiger partial charge in [0.15, 0.2) is 5.78 Å². The Morgan fingerprint density at radius 1 is 1.10 bits per heavy atom. The second-order valence-electron chi connectivity index (χ2n) is 4.85. The zero-order valence-corrected chi connectivity index (χ0v) is 13.4. The summed E-state index contributed by atoms with van der Waals surface area (Å²) in [7, 11) is 1.65. The fourth-order valence-corrected chi connectivity index (χ4v) is 3.00. The molecule has 0 aliphatic carbocycles. The molecule has 0 aliphatic heterocycles. The average Bonchev–Trinajstić information content (AvgIpc) is 2.55. The predicted molar refractivity (Wildman–Crippen MR) is 88.5 cm³/mol. The minimum absolute atomic E-state index is 0.106. The Morgan fingerprint density at radius 3 is 2.24 bits per heavy atom. The fraction of sp³-hybridized carbons (Fsp3) is 0.278. The van der Waals surface area contributed by atoms with Crippen LogP contribution in [0.25, 0.3) is 0 Å². The van der Waals surface area contributed by atoms with Crippen molar-refractivity contribution in [3.8, 4) is 5.75 Å². The van der Waals surface area contributed by atoms with Gasteiger partial charge in [0, 0.05) is 10.5 Å². The molecule has 1 atom stereocenters. The van der Waals surface area contributed by atoms with E-state index in [2.05, 4.69) is 6.92 Å². The summed E-state index contributed by atoms with van der Waals surface area (Å²) in [4.78, 5) is 13.5. The van der Waals surface area contributed by atoms with Gasteiger partial charge in [0.1, 0.15) is 5.75 Å². The van der Waals surface area contributed by atoms with Gasteiger partial charge in [0.05, 0.1) is 12.4 Å². The molecule has 21 heavy (non-hydrogen) atoms. The molecule has 1 unspecified atom stereocenters. The number of Topliss-reactive ketones (excluding diaryl/α,β-unsaturated/α-hetero) is 1. The van der Waals surface area contributed by atoms with Gasteiger partial charge in [-0.2, -0.15) is 0 Å². The zero-order valence-electron chi connectivity index (χ0n) is 12.6. The quantitative estimate of drug-likeness (QED) is 0.575. The number of carbonyl (C=O) groups is 1. The first-order valence-electron chi connectivity index (χ1n) is 7.08. The molecule has 0 bridgehead atoms. The maximum absolute atomic E-state index is 12.4. The van der Waals surface area contributed by atoms with Gasteiger partial charge < -0.3 is 4.74 Å². The van der Waals surface area contributed by atoms with Crippen molar-refractivity contribution in [3.05, 3.63) is 59.7 Å². The van der Waals surface area contributed by atoms with E-state index in [9.17, 15) is 4.79 Å². The number of methoxy groups -OCH3 is 1. The van der Waals surface area contributed by atoms with Crippen molar-refractivity contribution in [1.29, 1.82) is 0 Å². The lowest BCUT2D eigenvalue weighted by molar-refractivity contribution is 0.0994. The van der Waals surface area contributed by atoms with Crippen LogP contribution in [0.2, 0.25) is 0 Å². The molecule has 0 aromatic heterocycles. The van der Waals surface area contributed by atoms with Crippen LogP contribution < -0.4 is 4.74 Å². The van der Waals surface area contributed by atoms with E-state index in [1.807, 2.05) is 55.5 Å². The lowest BCUT2D eigenvalue weighted by Gasteiger charge is -2.11. The molecule has 0 heterocycles. The van der Waals surface area contributed by atoms with E-state index in [1.54, 1.807) is 18.9 Å². The first kappa shape index (κ1) is 15.6. The summed E-state index contributed by atoms with van der Waals surface area (Å²) in [6.45, 7) is 4.06. The lowest BCUT2D eigenvalue weighted by Crippen LogP contribution is -2.13. The molecule has 2 aromatic carbocycles. The molecule has 2 aromatic rings. The van der Waals surface area contributed by atoms with Crippen LogP contribution in [0.5, 0.6) is 5.75 Å². The summed E-state index contributed by atoms with van der Waals surface area (Å²) >= 11 is 1.57. The Bertz CT molecular complexity index is 588. The van der Waals surface area contributed by atoms with E-state index in [-0.39, 0.29) is 11.0 Å². The Labute approximate surface area is 130 Å². The van der Waals surface area contributed by atoms with E-state index in [0.29, 0.717) is 0 Å². The predicted octanol–water partition coefficient (Wildman–Crippen LogP) is 4.62. The zero-order chi connectivity index (χ0) is 15.2. The third kappa shape index (κ3) is 4.11. The molecule has 2 nitrogen and oxygen atoms in total. The topological polar surface area (TPSA) is 26.3 Å². The van der Waals surface area contributed by atoms with Crippen LogP contribution >= 0.6 is 11.8 Å². The van der Waals surface area contributed by atoms with Crippen molar-refractivity contribution in [2.75, 3.05) is 7.11 Å². The van der Waals surface area contributed by atoms with Crippen LogP contribution in [0.3, 0.4) is 0 Å². The van der Waals surface area contributed by atoms with Gasteiger partial charge >= 0.3 is 0 Å². The van der Waals surface area contributed by atoms with Gasteiger partial charge in [-0.25, -0.2) is 0 Å². The molecule has 0 aliphatic rings. The standard InChI is InChI=1S/C18H20O2S/c1-4-14-5-7-15(8-6-14)18(19)13(2)21-17-11-9-16(20-3)10-12-17/h5-13H,4H2,1-3H3. The summed E-state index contributed by atoms with van der Waals surface area (Å²) in [5.41, 5.74) is 2.03. The Kier molecular flexibility index (Phi) is 5.45. The summed E-state index contributed by atoms with van der Waals surface area (Å²) in [5.74, 6) is 0.993. The van der Waals surface area contributed by atoms with Gasteiger partial charge in [0.2, 0.25) is 0 Å². The normalized spacial score (nSPS) is 12.0. The van der Waals surface area contributed by atoms with Gasteiger partial charge in [-0.1, -0.05) is 31.2 Å². The maximum atomic E-state index is 12.4. The van der Waals surface area contributed by atoms with Crippen LogP contribution in [-0.4, -0.2) is 18.1 Å². The first-order chi connectivity index (χ1) is 10.1. The van der Waals surface area contributed by atoms with E-state index < -0.39 is 0 Å². The van der Waals surface area contributed by atoms with Crippen molar-refractivity contribution in [3.63, 3.8) is 0 Å². The van der Waals surface area contributed by atoms with Gasteiger partial charge in [0.25, 0.3) is 0 Å². The number of aryl methyl sites for hydroxylation is 1. The minimum atomic E-state index is -0.106. The van der Waals surface area contributed by atoms with E-state index in [4.69, 9.17) is 4.74 Å². The van der Waals surface area contributed by atoms with Crippen LogP contribution in [-0.2, 0) is 6.42 Å². The molecule has 0 saturated heterocycles.